The Morgan fingerprint density at radius 1 is 1.11 bits per heavy atom. The predicted molar refractivity (Wildman–Crippen MR) is 140 cm³/mol. The highest BCUT2D eigenvalue weighted by molar-refractivity contribution is 6.30. The summed E-state index contributed by atoms with van der Waals surface area (Å²) in [5, 5.41) is 12.0. The van der Waals surface area contributed by atoms with Gasteiger partial charge < -0.3 is 20.4 Å². The summed E-state index contributed by atoms with van der Waals surface area (Å²) in [6.07, 6.45) is 4.73. The first-order valence-electron chi connectivity index (χ1n) is 11.1. The first-order valence-corrected chi connectivity index (χ1v) is 11.5. The molecular weight excluding hydrogens is 464 g/mol. The van der Waals surface area contributed by atoms with Gasteiger partial charge in [0.1, 0.15) is 5.70 Å². The molecule has 3 N–H and O–H groups in total. The summed E-state index contributed by atoms with van der Waals surface area (Å²) in [4.78, 5) is 18.5. The fourth-order valence-electron chi connectivity index (χ4n) is 3.06. The van der Waals surface area contributed by atoms with E-state index in [9.17, 15) is 4.79 Å². The van der Waals surface area contributed by atoms with Crippen LogP contribution in [0.5, 0.6) is 0 Å². The highest BCUT2D eigenvalue weighted by atomic mass is 35.5. The molecule has 9 heteroatoms. The van der Waals surface area contributed by atoms with Crippen molar-refractivity contribution in [1.82, 2.24) is 15.1 Å². The Bertz CT molecular complexity index is 1240. The van der Waals surface area contributed by atoms with Crippen LogP contribution in [0.3, 0.4) is 0 Å². The van der Waals surface area contributed by atoms with E-state index in [1.54, 1.807) is 33.2 Å². The minimum atomic E-state index is -0.0676. The molecule has 1 amide bonds. The van der Waals surface area contributed by atoms with Crippen molar-refractivity contribution in [2.45, 2.75) is 26.8 Å². The predicted octanol–water partition coefficient (Wildman–Crippen LogP) is 5.14. The molecule has 1 heterocycles. The number of carbonyl (C=O) groups excluding carboxylic acids is 1. The second-order valence-electron chi connectivity index (χ2n) is 8.01. The van der Waals surface area contributed by atoms with E-state index in [1.165, 1.54) is 4.90 Å². The zero-order valence-electron chi connectivity index (χ0n) is 20.2. The molecule has 0 fully saturated rings. The van der Waals surface area contributed by atoms with E-state index in [0.29, 0.717) is 34.2 Å². The number of nitrogens with zero attached hydrogens (tertiary/aromatic N) is 4. The summed E-state index contributed by atoms with van der Waals surface area (Å²) >= 11 is 5.94. The molecule has 3 aromatic rings. The molecule has 0 spiro atoms. The van der Waals surface area contributed by atoms with Gasteiger partial charge in [0, 0.05) is 42.5 Å². The van der Waals surface area contributed by atoms with Crippen LogP contribution >= 0.6 is 11.6 Å². The molecule has 0 saturated heterocycles. The summed E-state index contributed by atoms with van der Waals surface area (Å²) in [5.74, 6) is 0.132. The Balaban J connectivity index is 1.87. The van der Waals surface area contributed by atoms with Gasteiger partial charge in [-0.1, -0.05) is 54.0 Å². The smallest absolute Gasteiger partial charge is 0.316 e. The third-order valence-electron chi connectivity index (χ3n) is 4.94. The number of carbonyl (C=O) groups is 1. The Morgan fingerprint density at radius 3 is 2.37 bits per heavy atom. The molecule has 0 aliphatic heterocycles. The minimum absolute atomic E-state index is 0.0676. The van der Waals surface area contributed by atoms with Gasteiger partial charge in [-0.15, -0.1) is 5.10 Å². The molecular formula is C26H29ClN6O2. The topological polar surface area (TPSA) is 110 Å². The maximum Gasteiger partial charge on any atom is 0.316 e. The normalized spacial score (nSPS) is 12.5. The Morgan fingerprint density at radius 2 is 1.77 bits per heavy atom. The number of rotatable bonds is 9. The lowest BCUT2D eigenvalue weighted by molar-refractivity contribution is 0.0827. The number of hydrogen-bond acceptors (Lipinski definition) is 7. The summed E-state index contributed by atoms with van der Waals surface area (Å²) < 4.78 is 5.79. The standard InChI is InChI=1S/C26H29ClN6O2/c1-5-6-7-22(19-10-12-20(13-11-19)25(34)33(3)4)30-23(17(2)28)24-31-32-26(35-24)29-16-18-8-14-21(27)15-9-18/h6-15H,5,16,28H2,1-4H3,(H,29,32)/b7-6+,23-17+,30-22-. The summed E-state index contributed by atoms with van der Waals surface area (Å²) in [6, 6.07) is 15.0. The van der Waals surface area contributed by atoms with Gasteiger partial charge in [-0.2, -0.15) is 0 Å². The van der Waals surface area contributed by atoms with Gasteiger partial charge in [0.05, 0.1) is 5.71 Å². The lowest BCUT2D eigenvalue weighted by atomic mass is 10.1. The third-order valence-corrected chi connectivity index (χ3v) is 5.19. The van der Waals surface area contributed by atoms with Crippen LogP contribution in [0.15, 0.2) is 75.8 Å². The van der Waals surface area contributed by atoms with Crippen molar-refractivity contribution in [2.75, 3.05) is 19.4 Å². The van der Waals surface area contributed by atoms with Gasteiger partial charge in [-0.05, 0) is 49.2 Å². The highest BCUT2D eigenvalue weighted by Crippen LogP contribution is 2.22. The summed E-state index contributed by atoms with van der Waals surface area (Å²) in [7, 11) is 3.44. The van der Waals surface area contributed by atoms with Gasteiger partial charge >= 0.3 is 6.01 Å². The zero-order valence-corrected chi connectivity index (χ0v) is 21.0. The van der Waals surface area contributed by atoms with E-state index in [-0.39, 0.29) is 17.8 Å². The number of benzene rings is 2. The molecule has 0 atom stereocenters. The molecule has 35 heavy (non-hydrogen) atoms. The number of aliphatic imine (C=N–C) groups is 1. The Hall–Kier alpha value is -3.91. The second-order valence-corrected chi connectivity index (χ2v) is 8.45. The van der Waals surface area contributed by atoms with Crippen LogP contribution in [-0.4, -0.2) is 40.8 Å². The molecule has 0 radical (unpaired) electrons. The van der Waals surface area contributed by atoms with E-state index in [0.717, 1.165) is 17.5 Å². The Labute approximate surface area is 210 Å². The van der Waals surface area contributed by atoms with E-state index in [2.05, 4.69) is 15.5 Å². The van der Waals surface area contributed by atoms with Crippen LogP contribution < -0.4 is 11.1 Å². The fourth-order valence-corrected chi connectivity index (χ4v) is 3.19. The molecule has 2 aromatic carbocycles. The van der Waals surface area contributed by atoms with Crippen molar-refractivity contribution < 1.29 is 9.21 Å². The average molecular weight is 493 g/mol. The first-order chi connectivity index (χ1) is 16.8. The number of anilines is 1. The quantitative estimate of drug-likeness (QED) is 0.400. The summed E-state index contributed by atoms with van der Waals surface area (Å²) in [5.41, 5.74) is 10.0. The SMILES string of the molecule is CC/C=C/C(=N/C(=C(\C)N)c1nnc(NCc2ccc(Cl)cc2)o1)c1ccc(C(=O)N(C)C)cc1. The molecule has 8 nitrogen and oxygen atoms in total. The van der Waals surface area contributed by atoms with Crippen LogP contribution in [0.1, 0.15) is 47.6 Å². The van der Waals surface area contributed by atoms with Crippen molar-refractivity contribution in [3.05, 3.63) is 94.0 Å². The van der Waals surface area contributed by atoms with Crippen molar-refractivity contribution in [2.24, 2.45) is 10.7 Å². The summed E-state index contributed by atoms with van der Waals surface area (Å²) in [6.45, 7) is 4.25. The number of amides is 1. The largest absolute Gasteiger partial charge is 0.402 e. The van der Waals surface area contributed by atoms with E-state index < -0.39 is 0 Å². The molecule has 3 rings (SSSR count). The maximum atomic E-state index is 12.2. The average Bonchev–Trinajstić information content (AvgIpc) is 3.32. The number of halogens is 1. The fraction of sp³-hybridized carbons (Fsp3) is 0.231. The first kappa shape index (κ1) is 25.7. The van der Waals surface area contributed by atoms with E-state index >= 15 is 0 Å². The molecule has 0 unspecified atom stereocenters. The van der Waals surface area contributed by atoms with Crippen molar-refractivity contribution >= 4 is 34.9 Å². The van der Waals surface area contributed by atoms with Crippen LogP contribution in [0.25, 0.3) is 5.70 Å². The second kappa shape index (κ2) is 12.0. The van der Waals surface area contributed by atoms with Gasteiger partial charge in [0.15, 0.2) is 0 Å². The molecule has 0 saturated carbocycles. The van der Waals surface area contributed by atoms with Gasteiger partial charge in [-0.3, -0.25) is 4.79 Å². The van der Waals surface area contributed by atoms with Crippen molar-refractivity contribution in [3.8, 4) is 0 Å². The van der Waals surface area contributed by atoms with Crippen molar-refractivity contribution in [3.63, 3.8) is 0 Å². The van der Waals surface area contributed by atoms with E-state index in [1.807, 2.05) is 55.5 Å². The molecule has 0 bridgehead atoms. The number of hydrogen-bond donors (Lipinski definition) is 2. The minimum Gasteiger partial charge on any atom is -0.402 e. The number of nitrogens with one attached hydrogen (secondary N) is 1. The van der Waals surface area contributed by atoms with Crippen molar-refractivity contribution in [1.29, 1.82) is 0 Å². The van der Waals surface area contributed by atoms with E-state index in [4.69, 9.17) is 26.7 Å². The van der Waals surface area contributed by atoms with Crippen LogP contribution in [-0.2, 0) is 6.54 Å². The number of nitrogens with two attached hydrogens (primary N) is 1. The molecule has 0 aliphatic rings. The molecule has 0 aliphatic carbocycles. The van der Waals surface area contributed by atoms with Gasteiger partial charge in [0.25, 0.3) is 11.8 Å². The lowest BCUT2D eigenvalue weighted by Gasteiger charge is -2.11. The Kier molecular flexibility index (Phi) is 8.80. The molecule has 182 valence electrons. The number of allylic oxidation sites excluding steroid dienone is 3. The maximum absolute atomic E-state index is 12.2. The van der Waals surface area contributed by atoms with Gasteiger partial charge in [0.2, 0.25) is 0 Å². The van der Waals surface area contributed by atoms with Crippen LogP contribution in [0.2, 0.25) is 5.02 Å². The van der Waals surface area contributed by atoms with Crippen LogP contribution in [0, 0.1) is 0 Å². The highest BCUT2D eigenvalue weighted by Gasteiger charge is 2.15. The monoisotopic (exact) mass is 492 g/mol. The lowest BCUT2D eigenvalue weighted by Crippen LogP contribution is -2.21. The van der Waals surface area contributed by atoms with Gasteiger partial charge in [-0.25, -0.2) is 4.99 Å². The third kappa shape index (κ3) is 7.04. The van der Waals surface area contributed by atoms with Crippen LogP contribution in [0.4, 0.5) is 6.01 Å². The number of aromatic nitrogens is 2. The molecule has 1 aromatic heterocycles. The zero-order chi connectivity index (χ0) is 25.4.